The highest BCUT2D eigenvalue weighted by Crippen LogP contribution is 2.20. The largest absolute Gasteiger partial charge is 0.481 e. The van der Waals surface area contributed by atoms with Gasteiger partial charge in [-0.15, -0.1) is 0 Å². The van der Waals surface area contributed by atoms with E-state index in [9.17, 15) is 9.59 Å². The average Bonchev–Trinajstić information content (AvgIpc) is 2.18. The first-order valence-electron chi connectivity index (χ1n) is 4.58. The van der Waals surface area contributed by atoms with Gasteiger partial charge in [0.05, 0.1) is 5.92 Å². The lowest BCUT2D eigenvalue weighted by Crippen LogP contribution is -2.22. The van der Waals surface area contributed by atoms with Crippen molar-refractivity contribution in [3.05, 3.63) is 34.9 Å². The fourth-order valence-corrected chi connectivity index (χ4v) is 1.46. The van der Waals surface area contributed by atoms with Crippen LogP contribution in [-0.4, -0.2) is 23.9 Å². The third-order valence-electron chi connectivity index (χ3n) is 2.28. The summed E-state index contributed by atoms with van der Waals surface area (Å²) in [4.78, 5) is 21.7. The maximum absolute atomic E-state index is 10.9. The van der Waals surface area contributed by atoms with Crippen molar-refractivity contribution in [2.75, 3.05) is 6.54 Å². The number of aldehydes is 1. The van der Waals surface area contributed by atoms with Crippen molar-refractivity contribution in [2.45, 2.75) is 12.8 Å². The Morgan fingerprint density at radius 2 is 2.27 bits per heavy atom. The van der Waals surface area contributed by atoms with Crippen LogP contribution in [0.25, 0.3) is 0 Å². The first kappa shape index (κ1) is 11.4. The van der Waals surface area contributed by atoms with Crippen LogP contribution in [0.3, 0.4) is 0 Å². The van der Waals surface area contributed by atoms with E-state index in [1.807, 2.05) is 6.92 Å². The molecule has 0 aliphatic rings. The number of aliphatic carboxylic acids is 1. The molecule has 0 aliphatic carbocycles. The Kier molecular flexibility index (Phi) is 3.57. The first-order valence-corrected chi connectivity index (χ1v) is 4.58. The Labute approximate surface area is 87.7 Å². The van der Waals surface area contributed by atoms with Crippen molar-refractivity contribution in [1.82, 2.24) is 0 Å². The summed E-state index contributed by atoms with van der Waals surface area (Å²) in [6, 6.07) is 5.07. The second-order valence-electron chi connectivity index (χ2n) is 3.38. The van der Waals surface area contributed by atoms with Crippen LogP contribution in [0.2, 0.25) is 0 Å². The van der Waals surface area contributed by atoms with Crippen LogP contribution in [0.4, 0.5) is 0 Å². The van der Waals surface area contributed by atoms with Gasteiger partial charge in [-0.25, -0.2) is 0 Å². The molecule has 4 nitrogen and oxygen atoms in total. The fourth-order valence-electron chi connectivity index (χ4n) is 1.46. The van der Waals surface area contributed by atoms with Crippen LogP contribution in [0, 0.1) is 6.92 Å². The number of hydrogen-bond acceptors (Lipinski definition) is 3. The molecule has 0 heterocycles. The van der Waals surface area contributed by atoms with Gasteiger partial charge < -0.3 is 10.8 Å². The van der Waals surface area contributed by atoms with Gasteiger partial charge in [0.15, 0.2) is 0 Å². The summed E-state index contributed by atoms with van der Waals surface area (Å²) in [7, 11) is 0. The van der Waals surface area contributed by atoms with E-state index in [4.69, 9.17) is 10.8 Å². The molecular weight excluding hydrogens is 194 g/mol. The Balaban J connectivity index is 3.25. The van der Waals surface area contributed by atoms with Gasteiger partial charge in [0.25, 0.3) is 0 Å². The Morgan fingerprint density at radius 1 is 1.60 bits per heavy atom. The van der Waals surface area contributed by atoms with E-state index in [0.717, 1.165) is 5.56 Å². The quantitative estimate of drug-likeness (QED) is 0.720. The molecule has 0 radical (unpaired) electrons. The number of carboxylic acids is 1. The third-order valence-corrected chi connectivity index (χ3v) is 2.28. The molecule has 0 bridgehead atoms. The molecule has 1 atom stereocenters. The molecular formula is C11H13NO3. The highest BCUT2D eigenvalue weighted by molar-refractivity contribution is 5.84. The highest BCUT2D eigenvalue weighted by atomic mass is 16.4. The topological polar surface area (TPSA) is 80.4 Å². The van der Waals surface area contributed by atoms with E-state index in [-0.39, 0.29) is 6.54 Å². The zero-order valence-corrected chi connectivity index (χ0v) is 8.43. The summed E-state index contributed by atoms with van der Waals surface area (Å²) >= 11 is 0. The number of benzene rings is 1. The summed E-state index contributed by atoms with van der Waals surface area (Å²) < 4.78 is 0. The number of carboxylic acid groups (broad SMARTS) is 1. The minimum Gasteiger partial charge on any atom is -0.481 e. The van der Waals surface area contributed by atoms with Crippen molar-refractivity contribution >= 4 is 12.3 Å². The van der Waals surface area contributed by atoms with E-state index < -0.39 is 11.9 Å². The third kappa shape index (κ3) is 2.41. The smallest absolute Gasteiger partial charge is 0.312 e. The van der Waals surface area contributed by atoms with E-state index in [1.54, 1.807) is 18.2 Å². The molecule has 0 aromatic heterocycles. The molecule has 0 fully saturated rings. The van der Waals surface area contributed by atoms with Gasteiger partial charge in [0.2, 0.25) is 0 Å². The van der Waals surface area contributed by atoms with Gasteiger partial charge >= 0.3 is 5.97 Å². The molecule has 15 heavy (non-hydrogen) atoms. The lowest BCUT2D eigenvalue weighted by Gasteiger charge is -2.12. The van der Waals surface area contributed by atoms with Gasteiger partial charge in [0, 0.05) is 12.1 Å². The molecule has 1 aromatic carbocycles. The monoisotopic (exact) mass is 207 g/mol. The summed E-state index contributed by atoms with van der Waals surface area (Å²) in [5.74, 6) is -1.82. The highest BCUT2D eigenvalue weighted by Gasteiger charge is 2.20. The molecule has 0 amide bonds. The van der Waals surface area contributed by atoms with Crippen molar-refractivity contribution in [1.29, 1.82) is 0 Å². The van der Waals surface area contributed by atoms with E-state index in [2.05, 4.69) is 0 Å². The van der Waals surface area contributed by atoms with Crippen molar-refractivity contribution in [3.8, 4) is 0 Å². The van der Waals surface area contributed by atoms with Crippen LogP contribution in [0.1, 0.15) is 27.4 Å². The fraction of sp³-hybridized carbons (Fsp3) is 0.273. The van der Waals surface area contributed by atoms with Gasteiger partial charge in [-0.05, 0) is 12.5 Å². The molecule has 0 saturated carbocycles. The predicted molar refractivity (Wildman–Crippen MR) is 56.0 cm³/mol. The maximum atomic E-state index is 10.9. The van der Waals surface area contributed by atoms with Crippen LogP contribution in [-0.2, 0) is 4.79 Å². The molecule has 80 valence electrons. The number of nitrogens with two attached hydrogens (primary N) is 1. The van der Waals surface area contributed by atoms with Crippen LogP contribution >= 0.6 is 0 Å². The van der Waals surface area contributed by atoms with E-state index >= 15 is 0 Å². The van der Waals surface area contributed by atoms with Crippen LogP contribution in [0.5, 0.6) is 0 Å². The Morgan fingerprint density at radius 3 is 2.73 bits per heavy atom. The van der Waals surface area contributed by atoms with E-state index in [0.29, 0.717) is 17.4 Å². The Hall–Kier alpha value is -1.68. The van der Waals surface area contributed by atoms with Crippen molar-refractivity contribution < 1.29 is 14.7 Å². The lowest BCUT2D eigenvalue weighted by atomic mass is 9.93. The van der Waals surface area contributed by atoms with Crippen LogP contribution < -0.4 is 5.73 Å². The summed E-state index contributed by atoms with van der Waals surface area (Å²) in [5.41, 5.74) is 7.17. The second kappa shape index (κ2) is 4.70. The number of aryl methyl sites for hydroxylation is 1. The minimum atomic E-state index is -1.01. The number of carbonyl (C=O) groups excluding carboxylic acids is 1. The van der Waals surface area contributed by atoms with Crippen LogP contribution in [0.15, 0.2) is 18.2 Å². The van der Waals surface area contributed by atoms with Crippen molar-refractivity contribution in [2.24, 2.45) is 5.73 Å². The second-order valence-corrected chi connectivity index (χ2v) is 3.38. The van der Waals surface area contributed by atoms with E-state index in [1.165, 1.54) is 0 Å². The molecule has 1 unspecified atom stereocenters. The standard InChI is InChI=1S/C11H13NO3/c1-7-2-3-8(6-13)9(4-7)10(5-12)11(14)15/h2-4,6,10H,5,12H2,1H3,(H,14,15). The normalized spacial score (nSPS) is 12.1. The van der Waals surface area contributed by atoms with Gasteiger partial charge in [-0.1, -0.05) is 23.8 Å². The molecule has 1 rings (SSSR count). The number of hydrogen-bond donors (Lipinski definition) is 2. The molecule has 1 aromatic rings. The SMILES string of the molecule is Cc1ccc(C=O)c(C(CN)C(=O)O)c1. The minimum absolute atomic E-state index is 0.0143. The summed E-state index contributed by atoms with van der Waals surface area (Å²) in [6.07, 6.45) is 0.653. The first-order chi connectivity index (χ1) is 7.10. The molecule has 0 saturated heterocycles. The molecule has 0 spiro atoms. The molecule has 3 N–H and O–H groups in total. The van der Waals surface area contributed by atoms with Crippen molar-refractivity contribution in [3.63, 3.8) is 0 Å². The molecule has 4 heteroatoms. The number of rotatable bonds is 4. The Bertz CT molecular complexity index is 387. The predicted octanol–water partition coefficient (Wildman–Crippen LogP) is 0.934. The zero-order chi connectivity index (χ0) is 11.4. The number of carbonyl (C=O) groups is 2. The van der Waals surface area contributed by atoms with Gasteiger partial charge in [-0.2, -0.15) is 0 Å². The summed E-state index contributed by atoms with van der Waals surface area (Å²) in [6.45, 7) is 1.83. The van der Waals surface area contributed by atoms with Gasteiger partial charge in [-0.3, -0.25) is 9.59 Å². The van der Waals surface area contributed by atoms with Gasteiger partial charge in [0.1, 0.15) is 6.29 Å². The lowest BCUT2D eigenvalue weighted by molar-refractivity contribution is -0.138. The summed E-state index contributed by atoms with van der Waals surface area (Å²) in [5, 5.41) is 8.94. The zero-order valence-electron chi connectivity index (χ0n) is 8.43. The maximum Gasteiger partial charge on any atom is 0.312 e. The molecule has 0 aliphatic heterocycles. The average molecular weight is 207 g/mol.